The lowest BCUT2D eigenvalue weighted by molar-refractivity contribution is -0.152. The molecule has 2 fully saturated rings. The zero-order chi connectivity index (χ0) is 41.7. The second kappa shape index (κ2) is 21.0. The summed E-state index contributed by atoms with van der Waals surface area (Å²) < 4.78 is 53.3. The molecule has 1 saturated heterocycles. The summed E-state index contributed by atoms with van der Waals surface area (Å²) >= 11 is 0. The summed E-state index contributed by atoms with van der Waals surface area (Å²) in [5.74, 6) is -0.216. The zero-order valence-corrected chi connectivity index (χ0v) is 36.2. The van der Waals surface area contributed by atoms with Gasteiger partial charge in [-0.05, 0) is 86.7 Å². The highest BCUT2D eigenvalue weighted by atomic mass is 28.3. The quantitative estimate of drug-likeness (QED) is 0.0470. The minimum absolute atomic E-state index is 0.0109. The lowest BCUT2D eigenvalue weighted by Gasteiger charge is -2.25. The van der Waals surface area contributed by atoms with Crippen LogP contribution >= 0.6 is 0 Å². The molecule has 11 nitrogen and oxygen atoms in total. The van der Waals surface area contributed by atoms with Crippen LogP contribution in [-0.4, -0.2) is 84.9 Å². The summed E-state index contributed by atoms with van der Waals surface area (Å²) in [5.41, 5.74) is 2.32. The lowest BCUT2D eigenvalue weighted by atomic mass is 9.99. The molecule has 2 aliphatic rings. The summed E-state index contributed by atoms with van der Waals surface area (Å²) in [6.45, 7) is 11.1. The molecule has 5 rings (SSSR count). The van der Waals surface area contributed by atoms with Gasteiger partial charge in [0, 0.05) is 27.2 Å². The Bertz CT molecular complexity index is 1830. The number of carbonyl (C=O) groups is 2. The van der Waals surface area contributed by atoms with Crippen molar-refractivity contribution in [2.75, 3.05) is 34.7 Å². The highest BCUT2D eigenvalue weighted by molar-refractivity contribution is 6.76. The first kappa shape index (κ1) is 44.6. The van der Waals surface area contributed by atoms with Crippen LogP contribution in [-0.2, 0) is 35.0 Å². The molecule has 1 heterocycles. The standard InChI is InChI=1S/C46H60O11Si/c1-46(2)56-40(19-13-17-35-28-37(51-5)29-41(54-31-49-3)42(35)45(48)52-26-27-58(6,7)8)43(57-46)39(55-44(47)34-14-10-9-11-15-34)25-22-33-16-12-18-38(33)53-30-32-20-23-36(50-4)24-21-32/h9-11,13-15,17,20-25,28-29,33,38-40,43H,12,16,18-19,26-27,30-31H2,1-8H3/b17-13+,25-22-/t33-,38-,39?,40?,43?/m1/s1. The van der Waals surface area contributed by atoms with Crippen molar-refractivity contribution in [3.63, 3.8) is 0 Å². The first-order chi connectivity index (χ1) is 27.8. The van der Waals surface area contributed by atoms with Gasteiger partial charge in [-0.15, -0.1) is 0 Å². The summed E-state index contributed by atoms with van der Waals surface area (Å²) in [6, 6.07) is 21.0. The number of ether oxygens (including phenoxy) is 9. The average molecular weight is 817 g/mol. The molecule has 5 atom stereocenters. The Morgan fingerprint density at radius 3 is 2.34 bits per heavy atom. The van der Waals surface area contributed by atoms with Crippen LogP contribution in [0.1, 0.15) is 71.4 Å². The maximum absolute atomic E-state index is 13.6. The molecular formula is C46H60O11Si. The second-order valence-electron chi connectivity index (χ2n) is 16.3. The van der Waals surface area contributed by atoms with Crippen molar-refractivity contribution < 1.29 is 52.2 Å². The average Bonchev–Trinajstić information content (AvgIpc) is 3.79. The molecule has 0 spiro atoms. The number of methoxy groups -OCH3 is 3. The SMILES string of the molecule is COCOc1cc(OC)cc(/C=C/CC2OC(C)(C)OC2C(/C=C\[C@H]2CCC[C@H]2OCc2ccc(OC)cc2)OC(=O)c2ccccc2)c1C(=O)OCC[Si](C)(C)C. The Balaban J connectivity index is 1.39. The van der Waals surface area contributed by atoms with E-state index in [1.165, 1.54) is 7.11 Å². The van der Waals surface area contributed by atoms with E-state index in [4.69, 9.17) is 42.6 Å². The number of hydrogen-bond acceptors (Lipinski definition) is 11. The lowest BCUT2D eigenvalue weighted by Crippen LogP contribution is -2.37. The number of hydrogen-bond donors (Lipinski definition) is 0. The van der Waals surface area contributed by atoms with Gasteiger partial charge in [0.1, 0.15) is 35.0 Å². The molecular weight excluding hydrogens is 757 g/mol. The van der Waals surface area contributed by atoms with E-state index in [-0.39, 0.29) is 30.1 Å². The third-order valence-corrected chi connectivity index (χ3v) is 11.8. The van der Waals surface area contributed by atoms with Gasteiger partial charge in [-0.3, -0.25) is 0 Å². The molecule has 0 bridgehead atoms. The molecule has 0 radical (unpaired) electrons. The zero-order valence-electron chi connectivity index (χ0n) is 35.2. The van der Waals surface area contributed by atoms with Crippen molar-refractivity contribution in [1.29, 1.82) is 0 Å². The van der Waals surface area contributed by atoms with Gasteiger partial charge < -0.3 is 42.6 Å². The predicted molar refractivity (Wildman–Crippen MR) is 225 cm³/mol. The van der Waals surface area contributed by atoms with Gasteiger partial charge in [-0.1, -0.05) is 74.6 Å². The molecule has 0 aromatic heterocycles. The molecule has 3 aromatic carbocycles. The van der Waals surface area contributed by atoms with Crippen molar-refractivity contribution in [2.45, 2.75) is 102 Å². The van der Waals surface area contributed by atoms with Gasteiger partial charge in [-0.2, -0.15) is 0 Å². The molecule has 12 heteroatoms. The van der Waals surface area contributed by atoms with Crippen LogP contribution in [0, 0.1) is 5.92 Å². The third kappa shape index (κ3) is 13.0. The van der Waals surface area contributed by atoms with Gasteiger partial charge in [0.25, 0.3) is 0 Å². The highest BCUT2D eigenvalue weighted by Gasteiger charge is 2.45. The number of benzene rings is 3. The van der Waals surface area contributed by atoms with E-state index >= 15 is 0 Å². The molecule has 1 saturated carbocycles. The molecule has 0 N–H and O–H groups in total. The van der Waals surface area contributed by atoms with E-state index in [0.717, 1.165) is 36.6 Å². The fraction of sp³-hybridized carbons (Fsp3) is 0.478. The molecule has 314 valence electrons. The largest absolute Gasteiger partial charge is 0.497 e. The van der Waals surface area contributed by atoms with Gasteiger partial charge in [0.05, 0.1) is 45.2 Å². The van der Waals surface area contributed by atoms with E-state index in [0.29, 0.717) is 36.5 Å². The molecule has 3 aromatic rings. The summed E-state index contributed by atoms with van der Waals surface area (Å²) in [4.78, 5) is 27.2. The van der Waals surface area contributed by atoms with Crippen LogP contribution in [0.25, 0.3) is 6.08 Å². The Labute approximate surface area is 344 Å². The number of carbonyl (C=O) groups excluding carboxylic acids is 2. The van der Waals surface area contributed by atoms with Gasteiger partial charge in [0.2, 0.25) is 0 Å². The van der Waals surface area contributed by atoms with E-state index in [9.17, 15) is 9.59 Å². The van der Waals surface area contributed by atoms with Gasteiger partial charge in [0.15, 0.2) is 12.6 Å². The first-order valence-electron chi connectivity index (χ1n) is 20.0. The van der Waals surface area contributed by atoms with Crippen LogP contribution in [0.5, 0.6) is 17.2 Å². The normalized spacial score (nSPS) is 21.0. The summed E-state index contributed by atoms with van der Waals surface area (Å²) in [6.07, 6.45) is 9.11. The Kier molecular flexibility index (Phi) is 16.2. The van der Waals surface area contributed by atoms with Crippen molar-refractivity contribution >= 4 is 26.1 Å². The van der Waals surface area contributed by atoms with E-state index in [2.05, 4.69) is 25.7 Å². The maximum Gasteiger partial charge on any atom is 0.342 e. The molecule has 3 unspecified atom stereocenters. The van der Waals surface area contributed by atoms with Crippen LogP contribution in [0.15, 0.2) is 85.0 Å². The highest BCUT2D eigenvalue weighted by Crippen LogP contribution is 2.37. The van der Waals surface area contributed by atoms with Crippen LogP contribution < -0.4 is 14.2 Å². The van der Waals surface area contributed by atoms with Crippen molar-refractivity contribution in [2.24, 2.45) is 5.92 Å². The van der Waals surface area contributed by atoms with Crippen molar-refractivity contribution in [3.05, 3.63) is 107 Å². The monoisotopic (exact) mass is 816 g/mol. The second-order valence-corrected chi connectivity index (χ2v) is 21.9. The molecule has 58 heavy (non-hydrogen) atoms. The molecule has 1 aliphatic heterocycles. The van der Waals surface area contributed by atoms with E-state index < -0.39 is 44.1 Å². The molecule has 0 amide bonds. The minimum Gasteiger partial charge on any atom is -0.497 e. The number of rotatable bonds is 20. The third-order valence-electron chi connectivity index (χ3n) is 10.1. The summed E-state index contributed by atoms with van der Waals surface area (Å²) in [5, 5.41) is 0. The Morgan fingerprint density at radius 1 is 0.914 bits per heavy atom. The predicted octanol–water partition coefficient (Wildman–Crippen LogP) is 9.27. The fourth-order valence-corrected chi connectivity index (χ4v) is 7.74. The minimum atomic E-state index is -1.45. The van der Waals surface area contributed by atoms with Crippen molar-refractivity contribution in [1.82, 2.24) is 0 Å². The van der Waals surface area contributed by atoms with E-state index in [1.54, 1.807) is 50.6 Å². The Morgan fingerprint density at radius 2 is 1.66 bits per heavy atom. The van der Waals surface area contributed by atoms with Crippen LogP contribution in [0.2, 0.25) is 25.7 Å². The number of esters is 2. The van der Waals surface area contributed by atoms with Crippen LogP contribution in [0.3, 0.4) is 0 Å². The van der Waals surface area contributed by atoms with Gasteiger partial charge >= 0.3 is 11.9 Å². The van der Waals surface area contributed by atoms with Crippen LogP contribution in [0.4, 0.5) is 0 Å². The van der Waals surface area contributed by atoms with Crippen molar-refractivity contribution in [3.8, 4) is 17.2 Å². The fourth-order valence-electron chi connectivity index (χ4n) is 7.03. The van der Waals surface area contributed by atoms with E-state index in [1.807, 2.05) is 62.4 Å². The first-order valence-corrected chi connectivity index (χ1v) is 23.7. The summed E-state index contributed by atoms with van der Waals surface area (Å²) in [7, 11) is 3.26. The molecule has 1 aliphatic carbocycles. The topological polar surface area (TPSA) is 117 Å². The maximum atomic E-state index is 13.6. The van der Waals surface area contributed by atoms with Gasteiger partial charge in [-0.25, -0.2) is 9.59 Å². The smallest absolute Gasteiger partial charge is 0.342 e. The Hall–Kier alpha value is -4.46.